The first-order valence-electron chi connectivity index (χ1n) is 10.7. The lowest BCUT2D eigenvalue weighted by Crippen LogP contribution is -2.30. The third kappa shape index (κ3) is 5.29. The first kappa shape index (κ1) is 21.9. The number of unbranched alkanes of at least 4 members (excludes halogenated alkanes) is 2. The van der Waals surface area contributed by atoms with Gasteiger partial charge in [-0.25, -0.2) is 4.99 Å². The van der Waals surface area contributed by atoms with Gasteiger partial charge in [-0.15, -0.1) is 0 Å². The third-order valence-electron chi connectivity index (χ3n) is 5.46. The zero-order valence-electron chi connectivity index (χ0n) is 17.9. The summed E-state index contributed by atoms with van der Waals surface area (Å²) in [4.78, 5) is 6.70. The van der Waals surface area contributed by atoms with E-state index >= 15 is 0 Å². The molecule has 0 fully saturated rings. The number of nitrogens with two attached hydrogens (primary N) is 1. The van der Waals surface area contributed by atoms with E-state index in [9.17, 15) is 0 Å². The molecule has 0 radical (unpaired) electrons. The molecular weight excluding hydrogens is 464 g/mol. The lowest BCUT2D eigenvalue weighted by molar-refractivity contribution is 0.662. The first-order chi connectivity index (χ1) is 15.5. The van der Waals surface area contributed by atoms with E-state index in [2.05, 4.69) is 86.9 Å². The number of nitrogens with zero attached hydrogens (tertiary/aromatic N) is 2. The quantitative estimate of drug-likeness (QED) is 0.243. The molecule has 0 unspecified atom stereocenters. The Morgan fingerprint density at radius 3 is 2.47 bits per heavy atom. The van der Waals surface area contributed by atoms with Crippen molar-refractivity contribution in [2.75, 3.05) is 6.54 Å². The second-order valence-corrected chi connectivity index (χ2v) is 8.77. The standard InChI is InChI=1S/C25H27BrN6/c1-17-22(19-8-6-18(7-9-19)5-3-2-4-14-29-24(27)28)15-32-16-23(31-25(32)30-17)20-10-12-21(26)13-11-20/h6-13,15-16H,1-5,14H2,(H,30,31)(H4,27,28,29). The van der Waals surface area contributed by atoms with E-state index in [4.69, 9.17) is 11.1 Å². The van der Waals surface area contributed by atoms with Gasteiger partial charge in [-0.3, -0.25) is 10.3 Å². The molecule has 7 heteroatoms. The maximum atomic E-state index is 7.16. The Kier molecular flexibility index (Phi) is 6.75. The number of hydrogen-bond donors (Lipinski definition) is 4. The smallest absolute Gasteiger partial charge is 0.212 e. The summed E-state index contributed by atoms with van der Waals surface area (Å²) in [5.74, 6) is 0.813. The highest BCUT2D eigenvalue weighted by Crippen LogP contribution is 2.31. The zero-order valence-corrected chi connectivity index (χ0v) is 19.5. The molecule has 6 nitrogen and oxygen atoms in total. The number of hydrogen-bond acceptors (Lipinski definition) is 4. The van der Waals surface area contributed by atoms with Crippen molar-refractivity contribution in [2.24, 2.45) is 10.7 Å². The number of allylic oxidation sites excluding steroid dienone is 1. The van der Waals surface area contributed by atoms with Crippen molar-refractivity contribution in [1.29, 1.82) is 5.41 Å². The summed E-state index contributed by atoms with van der Waals surface area (Å²) < 4.78 is 1.05. The predicted molar refractivity (Wildman–Crippen MR) is 136 cm³/mol. The molecule has 2 aromatic rings. The van der Waals surface area contributed by atoms with Gasteiger partial charge >= 0.3 is 0 Å². The zero-order chi connectivity index (χ0) is 22.5. The van der Waals surface area contributed by atoms with Crippen LogP contribution < -0.4 is 16.4 Å². The molecule has 2 aliphatic rings. The van der Waals surface area contributed by atoms with E-state index in [1.54, 1.807) is 0 Å². The number of fused-ring (bicyclic) bond motifs is 1. The topological polar surface area (TPSA) is 89.5 Å². The van der Waals surface area contributed by atoms with Gasteiger partial charge in [0.25, 0.3) is 0 Å². The molecule has 0 atom stereocenters. The fourth-order valence-corrected chi connectivity index (χ4v) is 3.99. The molecular formula is C25H27BrN6. The summed E-state index contributed by atoms with van der Waals surface area (Å²) in [6.07, 6.45) is 8.42. The van der Waals surface area contributed by atoms with E-state index in [1.807, 2.05) is 17.0 Å². The van der Waals surface area contributed by atoms with Crippen LogP contribution in [0.25, 0.3) is 11.3 Å². The van der Waals surface area contributed by atoms with Crippen LogP contribution in [0.3, 0.4) is 0 Å². The van der Waals surface area contributed by atoms with Gasteiger partial charge in [0.2, 0.25) is 5.96 Å². The fourth-order valence-electron chi connectivity index (χ4n) is 3.73. The van der Waals surface area contributed by atoms with Crippen molar-refractivity contribution in [1.82, 2.24) is 15.5 Å². The largest absolute Gasteiger partial charge is 0.370 e. The molecule has 0 saturated carbocycles. The Morgan fingerprint density at radius 1 is 1.03 bits per heavy atom. The van der Waals surface area contributed by atoms with Crippen molar-refractivity contribution >= 4 is 39.1 Å². The first-order valence-corrected chi connectivity index (χ1v) is 11.5. The lowest BCUT2D eigenvalue weighted by Gasteiger charge is -2.21. The summed E-state index contributed by atoms with van der Waals surface area (Å²) in [7, 11) is 0. The van der Waals surface area contributed by atoms with Crippen molar-refractivity contribution in [2.45, 2.75) is 25.7 Å². The molecule has 0 bridgehead atoms. The van der Waals surface area contributed by atoms with Gasteiger partial charge in [0.15, 0.2) is 5.96 Å². The van der Waals surface area contributed by atoms with Gasteiger partial charge in [0, 0.05) is 29.0 Å². The number of aryl methyl sites for hydroxylation is 1. The Bertz CT molecular complexity index is 1100. The minimum atomic E-state index is 0.0420. The van der Waals surface area contributed by atoms with Gasteiger partial charge in [-0.05, 0) is 48.1 Å². The molecule has 4 rings (SSSR count). The van der Waals surface area contributed by atoms with Crippen molar-refractivity contribution in [3.8, 4) is 0 Å². The molecule has 2 aliphatic heterocycles. The average molecular weight is 491 g/mol. The highest BCUT2D eigenvalue weighted by molar-refractivity contribution is 9.10. The molecule has 164 valence electrons. The minimum Gasteiger partial charge on any atom is -0.370 e. The van der Waals surface area contributed by atoms with Crippen LogP contribution >= 0.6 is 15.9 Å². The van der Waals surface area contributed by atoms with Crippen LogP contribution in [-0.2, 0) is 6.42 Å². The second-order valence-electron chi connectivity index (χ2n) is 7.85. The molecule has 5 N–H and O–H groups in total. The van der Waals surface area contributed by atoms with E-state index in [0.717, 1.165) is 70.8 Å². The monoisotopic (exact) mass is 490 g/mol. The number of nitrogens with one attached hydrogen (secondary N) is 3. The van der Waals surface area contributed by atoms with E-state index < -0.39 is 0 Å². The highest BCUT2D eigenvalue weighted by atomic mass is 79.9. The summed E-state index contributed by atoms with van der Waals surface area (Å²) >= 11 is 3.48. The summed E-state index contributed by atoms with van der Waals surface area (Å²) in [5.41, 5.74) is 11.6. The average Bonchev–Trinajstić information content (AvgIpc) is 3.19. The number of halogens is 1. The van der Waals surface area contributed by atoms with Gasteiger partial charge in [0.1, 0.15) is 0 Å². The number of aliphatic imine (C=N–C) groups is 1. The molecule has 0 spiro atoms. The van der Waals surface area contributed by atoms with Crippen molar-refractivity contribution in [3.05, 3.63) is 94.4 Å². The van der Waals surface area contributed by atoms with Gasteiger partial charge in [-0.2, -0.15) is 0 Å². The van der Waals surface area contributed by atoms with Crippen LogP contribution in [0.5, 0.6) is 0 Å². The maximum Gasteiger partial charge on any atom is 0.212 e. The third-order valence-corrected chi connectivity index (χ3v) is 5.99. The molecule has 2 aromatic carbocycles. The summed E-state index contributed by atoms with van der Waals surface area (Å²) in [6, 6.07) is 16.9. The van der Waals surface area contributed by atoms with Crippen LogP contribution in [0.2, 0.25) is 0 Å². The molecule has 32 heavy (non-hydrogen) atoms. The Balaban J connectivity index is 1.38. The van der Waals surface area contributed by atoms with Gasteiger partial charge in [-0.1, -0.05) is 65.3 Å². The van der Waals surface area contributed by atoms with Crippen LogP contribution in [0.4, 0.5) is 0 Å². The normalized spacial score (nSPS) is 14.8. The van der Waals surface area contributed by atoms with E-state index in [1.165, 1.54) is 5.56 Å². The fraction of sp³-hybridized carbons (Fsp3) is 0.200. The van der Waals surface area contributed by atoms with E-state index in [0.29, 0.717) is 0 Å². The van der Waals surface area contributed by atoms with Crippen LogP contribution in [-0.4, -0.2) is 23.4 Å². The summed E-state index contributed by atoms with van der Waals surface area (Å²) in [5, 5.41) is 13.4. The molecule has 0 aromatic heterocycles. The second kappa shape index (κ2) is 9.87. The Hall–Kier alpha value is -3.32. The summed E-state index contributed by atoms with van der Waals surface area (Å²) in [6.45, 7) is 4.93. The number of rotatable bonds is 8. The van der Waals surface area contributed by atoms with E-state index in [-0.39, 0.29) is 5.96 Å². The highest BCUT2D eigenvalue weighted by Gasteiger charge is 2.24. The number of guanidine groups is 2. The van der Waals surface area contributed by atoms with Crippen LogP contribution in [0, 0.1) is 5.41 Å². The van der Waals surface area contributed by atoms with Gasteiger partial charge < -0.3 is 16.4 Å². The molecule has 0 saturated heterocycles. The minimum absolute atomic E-state index is 0.0420. The van der Waals surface area contributed by atoms with Gasteiger partial charge in [0.05, 0.1) is 11.4 Å². The van der Waals surface area contributed by atoms with Crippen molar-refractivity contribution in [3.63, 3.8) is 0 Å². The lowest BCUT2D eigenvalue weighted by atomic mass is 10.00. The molecule has 0 aliphatic carbocycles. The Labute approximate surface area is 197 Å². The van der Waals surface area contributed by atoms with Crippen LogP contribution in [0.1, 0.15) is 36.0 Å². The predicted octanol–water partition coefficient (Wildman–Crippen LogP) is 4.77. The number of benzene rings is 2. The van der Waals surface area contributed by atoms with Crippen molar-refractivity contribution < 1.29 is 0 Å². The maximum absolute atomic E-state index is 7.16. The SMILES string of the molecule is C=C1N=C2NC(c3ccc(Br)cc3)=CN2C=C1c1ccc(CCCCCNC(=N)N)cc1. The molecule has 0 amide bonds. The van der Waals surface area contributed by atoms with Crippen LogP contribution in [0.15, 0.2) is 82.7 Å². The molecule has 2 heterocycles. The Morgan fingerprint density at radius 2 is 1.75 bits per heavy atom.